The molecule has 2 heterocycles. The molecule has 2 N–H and O–H groups in total. The molecular weight excluding hydrogens is 372 g/mol. The minimum Gasteiger partial charge on any atom is -0.452 e. The molecule has 29 heavy (non-hydrogen) atoms. The summed E-state index contributed by atoms with van der Waals surface area (Å²) in [6, 6.07) is 10.8. The number of aromatic amines is 1. The fraction of sp³-hybridized carbons (Fsp3) is 0.238. The van der Waals surface area contributed by atoms with E-state index in [0.29, 0.717) is 17.1 Å². The molecule has 0 bridgehead atoms. The first kappa shape index (κ1) is 20.1. The molecule has 1 amide bonds. The van der Waals surface area contributed by atoms with Crippen LogP contribution in [0.1, 0.15) is 32.9 Å². The van der Waals surface area contributed by atoms with Crippen molar-refractivity contribution in [3.8, 4) is 5.69 Å². The highest BCUT2D eigenvalue weighted by molar-refractivity contribution is 5.96. The maximum atomic E-state index is 12.3. The van der Waals surface area contributed by atoms with Crippen LogP contribution in [0.4, 0.5) is 5.82 Å². The van der Waals surface area contributed by atoms with Crippen molar-refractivity contribution in [1.82, 2.24) is 14.8 Å². The Morgan fingerprint density at radius 2 is 1.79 bits per heavy atom. The summed E-state index contributed by atoms with van der Waals surface area (Å²) in [5, 5.41) is 7.11. The van der Waals surface area contributed by atoms with Gasteiger partial charge in [0.25, 0.3) is 5.91 Å². The number of pyridine rings is 1. The van der Waals surface area contributed by atoms with Gasteiger partial charge >= 0.3 is 5.97 Å². The highest BCUT2D eigenvalue weighted by Crippen LogP contribution is 2.18. The van der Waals surface area contributed by atoms with Gasteiger partial charge in [-0.1, -0.05) is 17.7 Å². The SMILES string of the molecule is Cc1ccc(-n2nc(C)cc2NC(=O)COC(=O)c2c(C)cc(=O)[nH]c2C)cc1. The Kier molecular flexibility index (Phi) is 5.63. The fourth-order valence-electron chi connectivity index (χ4n) is 3.02. The Morgan fingerprint density at radius 3 is 2.45 bits per heavy atom. The Hall–Kier alpha value is -3.68. The summed E-state index contributed by atoms with van der Waals surface area (Å²) in [5.41, 5.74) is 3.49. The van der Waals surface area contributed by atoms with Crippen molar-refractivity contribution in [2.75, 3.05) is 11.9 Å². The van der Waals surface area contributed by atoms with Gasteiger partial charge in [-0.05, 0) is 45.4 Å². The van der Waals surface area contributed by atoms with Crippen LogP contribution in [0.2, 0.25) is 0 Å². The van der Waals surface area contributed by atoms with Crippen LogP contribution in [0.5, 0.6) is 0 Å². The third-order valence-electron chi connectivity index (χ3n) is 4.34. The molecule has 0 aliphatic rings. The third-order valence-corrected chi connectivity index (χ3v) is 4.34. The first-order valence-corrected chi connectivity index (χ1v) is 9.06. The molecule has 3 aromatic rings. The Bertz CT molecular complexity index is 1100. The molecule has 0 atom stereocenters. The van der Waals surface area contributed by atoms with Crippen molar-refractivity contribution in [1.29, 1.82) is 0 Å². The number of esters is 1. The van der Waals surface area contributed by atoms with E-state index in [0.717, 1.165) is 16.9 Å². The Balaban J connectivity index is 1.70. The molecule has 8 nitrogen and oxygen atoms in total. The van der Waals surface area contributed by atoms with Crippen LogP contribution in [0.15, 0.2) is 41.2 Å². The van der Waals surface area contributed by atoms with Gasteiger partial charge < -0.3 is 15.0 Å². The molecule has 2 aromatic heterocycles. The number of anilines is 1. The van der Waals surface area contributed by atoms with E-state index >= 15 is 0 Å². The second-order valence-electron chi connectivity index (χ2n) is 6.86. The molecule has 1 aromatic carbocycles. The van der Waals surface area contributed by atoms with E-state index in [4.69, 9.17) is 4.74 Å². The molecule has 150 valence electrons. The fourth-order valence-corrected chi connectivity index (χ4v) is 3.02. The number of hydrogen-bond acceptors (Lipinski definition) is 5. The second-order valence-corrected chi connectivity index (χ2v) is 6.86. The number of H-pyrrole nitrogens is 1. The van der Waals surface area contributed by atoms with Gasteiger partial charge in [-0.25, -0.2) is 9.48 Å². The van der Waals surface area contributed by atoms with Gasteiger partial charge in [-0.15, -0.1) is 0 Å². The first-order valence-electron chi connectivity index (χ1n) is 9.06. The number of hydrogen-bond donors (Lipinski definition) is 2. The number of ether oxygens (including phenoxy) is 1. The van der Waals surface area contributed by atoms with Gasteiger partial charge in [0.2, 0.25) is 5.56 Å². The van der Waals surface area contributed by atoms with Gasteiger partial charge in [0.15, 0.2) is 6.61 Å². The maximum absolute atomic E-state index is 12.3. The van der Waals surface area contributed by atoms with Crippen molar-refractivity contribution in [3.05, 3.63) is 74.8 Å². The molecule has 0 unspecified atom stereocenters. The van der Waals surface area contributed by atoms with Crippen molar-refractivity contribution in [2.45, 2.75) is 27.7 Å². The predicted molar refractivity (Wildman–Crippen MR) is 108 cm³/mol. The lowest BCUT2D eigenvalue weighted by atomic mass is 10.1. The quantitative estimate of drug-likeness (QED) is 0.647. The van der Waals surface area contributed by atoms with Gasteiger partial charge in [0.05, 0.1) is 16.9 Å². The summed E-state index contributed by atoms with van der Waals surface area (Å²) < 4.78 is 6.74. The summed E-state index contributed by atoms with van der Waals surface area (Å²) in [6.45, 7) is 6.59. The van der Waals surface area contributed by atoms with Crippen LogP contribution in [0, 0.1) is 27.7 Å². The van der Waals surface area contributed by atoms with E-state index in [-0.39, 0.29) is 11.1 Å². The van der Waals surface area contributed by atoms with Gasteiger partial charge in [-0.3, -0.25) is 9.59 Å². The minimum absolute atomic E-state index is 0.248. The van der Waals surface area contributed by atoms with Crippen LogP contribution in [0.3, 0.4) is 0 Å². The van der Waals surface area contributed by atoms with E-state index in [2.05, 4.69) is 15.4 Å². The van der Waals surface area contributed by atoms with Gasteiger partial charge in [-0.2, -0.15) is 5.10 Å². The second kappa shape index (κ2) is 8.14. The average molecular weight is 394 g/mol. The molecule has 0 saturated heterocycles. The van der Waals surface area contributed by atoms with E-state index in [1.165, 1.54) is 6.07 Å². The van der Waals surface area contributed by atoms with E-state index in [1.54, 1.807) is 24.6 Å². The summed E-state index contributed by atoms with van der Waals surface area (Å²) in [5.74, 6) is -0.690. The first-order chi connectivity index (χ1) is 13.7. The van der Waals surface area contributed by atoms with Crippen LogP contribution >= 0.6 is 0 Å². The molecule has 3 rings (SSSR count). The zero-order chi connectivity index (χ0) is 21.1. The smallest absolute Gasteiger partial charge is 0.340 e. The van der Waals surface area contributed by atoms with E-state index in [9.17, 15) is 14.4 Å². The summed E-state index contributed by atoms with van der Waals surface area (Å²) >= 11 is 0. The molecule has 0 radical (unpaired) electrons. The number of carbonyl (C=O) groups is 2. The predicted octanol–water partition coefficient (Wildman–Crippen LogP) is 2.59. The number of benzene rings is 1. The summed E-state index contributed by atoms with van der Waals surface area (Å²) in [7, 11) is 0. The topological polar surface area (TPSA) is 106 Å². The molecule has 0 spiro atoms. The molecule has 0 fully saturated rings. The highest BCUT2D eigenvalue weighted by atomic mass is 16.5. The van der Waals surface area contributed by atoms with E-state index in [1.807, 2.05) is 38.1 Å². The van der Waals surface area contributed by atoms with Crippen LogP contribution < -0.4 is 10.9 Å². The number of nitrogens with one attached hydrogen (secondary N) is 2. The van der Waals surface area contributed by atoms with E-state index < -0.39 is 18.5 Å². The van der Waals surface area contributed by atoms with Gasteiger partial charge in [0, 0.05) is 17.8 Å². The number of nitrogens with zero attached hydrogens (tertiary/aromatic N) is 2. The number of rotatable bonds is 5. The number of carbonyl (C=O) groups excluding carboxylic acids is 2. The zero-order valence-electron chi connectivity index (χ0n) is 16.7. The van der Waals surface area contributed by atoms with Crippen LogP contribution in [-0.4, -0.2) is 33.2 Å². The Labute approximate surface area is 167 Å². The molecule has 0 saturated carbocycles. The highest BCUT2D eigenvalue weighted by Gasteiger charge is 2.17. The van der Waals surface area contributed by atoms with Crippen molar-refractivity contribution in [3.63, 3.8) is 0 Å². The lowest BCUT2D eigenvalue weighted by Crippen LogP contribution is -2.24. The monoisotopic (exact) mass is 394 g/mol. The molecule has 0 aliphatic carbocycles. The normalized spacial score (nSPS) is 10.6. The number of aromatic nitrogens is 3. The third kappa shape index (κ3) is 4.60. The molecule has 8 heteroatoms. The van der Waals surface area contributed by atoms with Crippen LogP contribution in [-0.2, 0) is 9.53 Å². The lowest BCUT2D eigenvalue weighted by Gasteiger charge is -2.11. The average Bonchev–Trinajstić information content (AvgIpc) is 3.00. The maximum Gasteiger partial charge on any atom is 0.340 e. The number of amides is 1. The Morgan fingerprint density at radius 1 is 1.10 bits per heavy atom. The van der Waals surface area contributed by atoms with Crippen molar-refractivity contribution >= 4 is 17.7 Å². The molecule has 0 aliphatic heterocycles. The number of aryl methyl sites for hydroxylation is 4. The molecular formula is C21H22N4O4. The van der Waals surface area contributed by atoms with Crippen molar-refractivity contribution in [2.24, 2.45) is 0 Å². The van der Waals surface area contributed by atoms with Crippen LogP contribution in [0.25, 0.3) is 5.69 Å². The minimum atomic E-state index is -0.672. The largest absolute Gasteiger partial charge is 0.452 e. The standard InChI is InChI=1S/C21H22N4O4/c1-12-5-7-16(8-6-12)25-17(10-14(3)24-25)23-19(27)11-29-21(28)20-13(2)9-18(26)22-15(20)4/h5-10H,11H2,1-4H3,(H,22,26)(H,23,27). The van der Waals surface area contributed by atoms with Gasteiger partial charge in [0.1, 0.15) is 5.82 Å². The zero-order valence-corrected chi connectivity index (χ0v) is 16.7. The summed E-state index contributed by atoms with van der Waals surface area (Å²) in [6.07, 6.45) is 0. The van der Waals surface area contributed by atoms with Crippen molar-refractivity contribution < 1.29 is 14.3 Å². The lowest BCUT2D eigenvalue weighted by molar-refractivity contribution is -0.119. The summed E-state index contributed by atoms with van der Waals surface area (Å²) in [4.78, 5) is 38.7.